The number of amides is 3. The lowest BCUT2D eigenvalue weighted by molar-refractivity contribution is -0.130. The van der Waals surface area contributed by atoms with E-state index >= 15 is 0 Å². The summed E-state index contributed by atoms with van der Waals surface area (Å²) in [6.45, 7) is 7.11. The first-order valence-electron chi connectivity index (χ1n) is 10.3. The van der Waals surface area contributed by atoms with Gasteiger partial charge in [0.15, 0.2) is 0 Å². The summed E-state index contributed by atoms with van der Waals surface area (Å²) < 4.78 is 0. The summed E-state index contributed by atoms with van der Waals surface area (Å²) in [7, 11) is 0. The number of rotatable bonds is 6. The van der Waals surface area contributed by atoms with Crippen LogP contribution >= 0.6 is 0 Å². The molecule has 27 heavy (non-hydrogen) atoms. The molecule has 1 atom stereocenters. The van der Waals surface area contributed by atoms with Crippen LogP contribution in [0.15, 0.2) is 30.3 Å². The molecule has 3 amide bonds. The summed E-state index contributed by atoms with van der Waals surface area (Å²) in [5, 5.41) is 3.08. The van der Waals surface area contributed by atoms with Crippen LogP contribution in [0.5, 0.6) is 0 Å². The predicted octanol–water partition coefficient (Wildman–Crippen LogP) is 2.30. The minimum absolute atomic E-state index is 0.0658. The Bertz CT molecular complexity index is 622. The van der Waals surface area contributed by atoms with Crippen LogP contribution in [0.2, 0.25) is 0 Å². The Balaban J connectivity index is 1.48. The lowest BCUT2D eigenvalue weighted by Crippen LogP contribution is -2.47. The molecule has 3 rings (SSSR count). The molecule has 0 radical (unpaired) electrons. The average molecular weight is 373 g/mol. The quantitative estimate of drug-likeness (QED) is 0.834. The maximum absolute atomic E-state index is 12.6. The van der Waals surface area contributed by atoms with E-state index in [4.69, 9.17) is 0 Å². The van der Waals surface area contributed by atoms with Crippen molar-refractivity contribution < 1.29 is 9.59 Å². The first-order chi connectivity index (χ1) is 13.2. The van der Waals surface area contributed by atoms with Crippen LogP contribution < -0.4 is 5.32 Å². The molecule has 2 saturated heterocycles. The molecule has 0 spiro atoms. The van der Waals surface area contributed by atoms with Gasteiger partial charge in [0.05, 0.1) is 0 Å². The van der Waals surface area contributed by atoms with Crippen LogP contribution in [0.4, 0.5) is 4.79 Å². The smallest absolute Gasteiger partial charge is 0.317 e. The van der Waals surface area contributed by atoms with Crippen LogP contribution in [0, 0.1) is 0 Å². The number of likely N-dealkylation sites (tertiary alicyclic amines) is 1. The fourth-order valence-electron chi connectivity index (χ4n) is 4.07. The molecule has 2 aliphatic rings. The first kappa shape index (κ1) is 19.7. The fraction of sp³-hybridized carbons (Fsp3) is 0.619. The first-order valence-corrected chi connectivity index (χ1v) is 10.3. The summed E-state index contributed by atoms with van der Waals surface area (Å²) in [6, 6.07) is 10.7. The second-order valence-corrected chi connectivity index (χ2v) is 7.59. The molecule has 2 aliphatic heterocycles. The predicted molar refractivity (Wildman–Crippen MR) is 106 cm³/mol. The van der Waals surface area contributed by atoms with E-state index in [2.05, 4.69) is 41.4 Å². The second-order valence-electron chi connectivity index (χ2n) is 7.59. The van der Waals surface area contributed by atoms with Gasteiger partial charge in [-0.1, -0.05) is 37.3 Å². The van der Waals surface area contributed by atoms with E-state index in [-0.39, 0.29) is 18.5 Å². The molecule has 1 aromatic carbocycles. The normalized spacial score (nSPS) is 21.4. The van der Waals surface area contributed by atoms with Crippen molar-refractivity contribution in [2.45, 2.75) is 45.2 Å². The standard InChI is InChI=1S/C21H32N4O2/c1-2-11-23-13-7-14-25(17-20(23)26)21(27)22-15-19-10-6-12-24(19)16-18-8-4-3-5-9-18/h3-5,8-9,19H,2,6-7,10-17H2,1H3,(H,22,27)/t19-/m1/s1. The van der Waals surface area contributed by atoms with Crippen molar-refractivity contribution in [3.8, 4) is 0 Å². The second kappa shape index (κ2) is 9.74. The van der Waals surface area contributed by atoms with Gasteiger partial charge in [-0.3, -0.25) is 9.69 Å². The zero-order chi connectivity index (χ0) is 19.1. The van der Waals surface area contributed by atoms with Gasteiger partial charge in [-0.15, -0.1) is 0 Å². The van der Waals surface area contributed by atoms with Crippen molar-refractivity contribution in [3.63, 3.8) is 0 Å². The molecule has 6 heteroatoms. The number of hydrogen-bond donors (Lipinski definition) is 1. The van der Waals surface area contributed by atoms with Gasteiger partial charge < -0.3 is 15.1 Å². The third-order valence-electron chi connectivity index (χ3n) is 5.53. The van der Waals surface area contributed by atoms with Crippen molar-refractivity contribution >= 4 is 11.9 Å². The van der Waals surface area contributed by atoms with Crippen LogP contribution in [0.1, 0.15) is 38.2 Å². The van der Waals surface area contributed by atoms with Crippen molar-refractivity contribution in [2.75, 3.05) is 39.3 Å². The van der Waals surface area contributed by atoms with Gasteiger partial charge in [0, 0.05) is 38.8 Å². The molecular weight excluding hydrogens is 340 g/mol. The number of nitrogens with zero attached hydrogens (tertiary/aromatic N) is 3. The van der Waals surface area contributed by atoms with Gasteiger partial charge in [-0.2, -0.15) is 0 Å². The average Bonchev–Trinajstić information content (AvgIpc) is 3.03. The molecule has 2 fully saturated rings. The molecule has 0 unspecified atom stereocenters. The summed E-state index contributed by atoms with van der Waals surface area (Å²) in [5.74, 6) is 0.0658. The van der Waals surface area contributed by atoms with Crippen molar-refractivity contribution in [1.29, 1.82) is 0 Å². The largest absolute Gasteiger partial charge is 0.341 e. The lowest BCUT2D eigenvalue weighted by Gasteiger charge is -2.27. The van der Waals surface area contributed by atoms with Crippen LogP contribution in [0.3, 0.4) is 0 Å². The minimum atomic E-state index is -0.103. The number of hydrogen-bond acceptors (Lipinski definition) is 3. The Morgan fingerprint density at radius 1 is 1.15 bits per heavy atom. The van der Waals surface area contributed by atoms with Gasteiger partial charge in [-0.05, 0) is 37.8 Å². The van der Waals surface area contributed by atoms with Crippen molar-refractivity contribution in [2.24, 2.45) is 0 Å². The fourth-order valence-corrected chi connectivity index (χ4v) is 4.07. The molecule has 6 nitrogen and oxygen atoms in total. The summed E-state index contributed by atoms with van der Waals surface area (Å²) in [4.78, 5) is 30.9. The van der Waals surface area contributed by atoms with E-state index in [1.807, 2.05) is 11.0 Å². The molecule has 148 valence electrons. The highest BCUT2D eigenvalue weighted by Gasteiger charge is 2.27. The van der Waals surface area contributed by atoms with E-state index in [9.17, 15) is 9.59 Å². The molecule has 0 bridgehead atoms. The number of carbonyl (C=O) groups excluding carboxylic acids is 2. The third-order valence-corrected chi connectivity index (χ3v) is 5.53. The summed E-state index contributed by atoms with van der Waals surface area (Å²) in [6.07, 6.45) is 4.08. The zero-order valence-electron chi connectivity index (χ0n) is 16.4. The lowest BCUT2D eigenvalue weighted by atomic mass is 10.2. The van der Waals surface area contributed by atoms with Crippen molar-refractivity contribution in [3.05, 3.63) is 35.9 Å². The number of nitrogens with one attached hydrogen (secondary N) is 1. The van der Waals surface area contributed by atoms with Gasteiger partial charge in [0.2, 0.25) is 5.91 Å². The van der Waals surface area contributed by atoms with Gasteiger partial charge in [-0.25, -0.2) is 4.79 Å². The third kappa shape index (κ3) is 5.45. The minimum Gasteiger partial charge on any atom is -0.341 e. The SMILES string of the molecule is CCCN1CCCN(C(=O)NC[C@H]2CCCN2Cc2ccccc2)CC1=O. The molecule has 2 heterocycles. The summed E-state index contributed by atoms with van der Waals surface area (Å²) in [5.41, 5.74) is 1.31. The maximum atomic E-state index is 12.6. The molecule has 1 aromatic rings. The molecule has 0 aliphatic carbocycles. The van der Waals surface area contributed by atoms with Crippen LogP contribution in [-0.2, 0) is 11.3 Å². The van der Waals surface area contributed by atoms with Crippen LogP contribution in [0.25, 0.3) is 0 Å². The maximum Gasteiger partial charge on any atom is 0.317 e. The highest BCUT2D eigenvalue weighted by Crippen LogP contribution is 2.19. The summed E-state index contributed by atoms with van der Waals surface area (Å²) >= 11 is 0. The Kier molecular flexibility index (Phi) is 7.10. The highest BCUT2D eigenvalue weighted by atomic mass is 16.2. The molecule has 0 aromatic heterocycles. The van der Waals surface area contributed by atoms with Crippen LogP contribution in [-0.4, -0.2) is 71.9 Å². The van der Waals surface area contributed by atoms with E-state index in [0.717, 1.165) is 45.4 Å². The monoisotopic (exact) mass is 372 g/mol. The highest BCUT2D eigenvalue weighted by molar-refractivity contribution is 5.84. The topological polar surface area (TPSA) is 55.9 Å². The van der Waals surface area contributed by atoms with E-state index in [1.54, 1.807) is 4.90 Å². The van der Waals surface area contributed by atoms with Gasteiger partial charge in [0.1, 0.15) is 6.54 Å². The molecular formula is C21H32N4O2. The molecule has 0 saturated carbocycles. The Morgan fingerprint density at radius 3 is 2.74 bits per heavy atom. The Labute approximate surface area is 162 Å². The van der Waals surface area contributed by atoms with E-state index in [0.29, 0.717) is 19.1 Å². The van der Waals surface area contributed by atoms with Gasteiger partial charge in [0.25, 0.3) is 0 Å². The number of benzene rings is 1. The van der Waals surface area contributed by atoms with E-state index < -0.39 is 0 Å². The Hall–Kier alpha value is -2.08. The number of urea groups is 1. The zero-order valence-corrected chi connectivity index (χ0v) is 16.4. The van der Waals surface area contributed by atoms with Crippen molar-refractivity contribution in [1.82, 2.24) is 20.0 Å². The Morgan fingerprint density at radius 2 is 1.96 bits per heavy atom. The van der Waals surface area contributed by atoms with E-state index in [1.165, 1.54) is 12.0 Å². The van der Waals surface area contributed by atoms with Gasteiger partial charge >= 0.3 is 6.03 Å². The molecule has 1 N–H and O–H groups in total. The number of carbonyl (C=O) groups is 2.